The number of hydrogen-bond donors (Lipinski definition) is 1. The Hall–Kier alpha value is -0.380. The van der Waals surface area contributed by atoms with Crippen molar-refractivity contribution < 1.29 is 14.6 Å². The molecule has 0 aromatic rings. The van der Waals surface area contributed by atoms with Gasteiger partial charge in [-0.05, 0) is 33.3 Å². The zero-order chi connectivity index (χ0) is 10.1. The smallest absolute Gasteiger partial charge is 0.163 e. The molecule has 1 rings (SSSR count). The highest BCUT2D eigenvalue weighted by Crippen LogP contribution is 2.23. The Balaban J connectivity index is 2.53. The summed E-state index contributed by atoms with van der Waals surface area (Å²) >= 11 is 0. The molecule has 1 N–H and O–H groups in total. The zero-order valence-corrected chi connectivity index (χ0v) is 8.70. The second-order valence-corrected chi connectivity index (χ2v) is 3.95. The second kappa shape index (κ2) is 3.78. The summed E-state index contributed by atoms with van der Waals surface area (Å²) in [5, 5.41) is 9.25. The number of hydrogen-bond acceptors (Lipinski definition) is 3. The van der Waals surface area contributed by atoms with Crippen molar-refractivity contribution in [1.29, 1.82) is 0 Å². The average molecular weight is 186 g/mol. The molecule has 1 aliphatic rings. The molecule has 3 heteroatoms. The summed E-state index contributed by atoms with van der Waals surface area (Å²) in [5.74, 6) is -0.486. The van der Waals surface area contributed by atoms with Crippen LogP contribution in [0.2, 0.25) is 0 Å². The molecular weight excluding hydrogens is 168 g/mol. The Bertz CT molecular complexity index is 206. The van der Waals surface area contributed by atoms with E-state index in [1.54, 1.807) is 6.92 Å². The maximum atomic E-state index is 9.25. The SMILES string of the molecule is C/C(=C/[C@H]1COC(C)(C)O1)C(C)O. The first-order chi connectivity index (χ1) is 5.91. The fourth-order valence-electron chi connectivity index (χ4n) is 1.23. The standard InChI is InChI=1S/C10H18O3/c1-7(8(2)11)5-9-6-12-10(3,4)13-9/h5,8-9,11H,6H2,1-4H3/b7-5-/t8?,9-/m0/s1. The summed E-state index contributed by atoms with van der Waals surface area (Å²) in [6.07, 6.45) is 1.48. The van der Waals surface area contributed by atoms with E-state index in [4.69, 9.17) is 9.47 Å². The first kappa shape index (κ1) is 10.7. The van der Waals surface area contributed by atoms with Gasteiger partial charge in [-0.1, -0.05) is 6.08 Å². The molecule has 3 nitrogen and oxygen atoms in total. The third-order valence-electron chi connectivity index (χ3n) is 2.14. The van der Waals surface area contributed by atoms with Gasteiger partial charge >= 0.3 is 0 Å². The summed E-state index contributed by atoms with van der Waals surface area (Å²) in [6.45, 7) is 7.97. The molecule has 0 aromatic carbocycles. The minimum atomic E-state index is -0.486. The minimum absolute atomic E-state index is 0.0235. The summed E-state index contributed by atoms with van der Waals surface area (Å²) in [5.41, 5.74) is 0.923. The van der Waals surface area contributed by atoms with Gasteiger partial charge in [0, 0.05) is 0 Å². The first-order valence-corrected chi connectivity index (χ1v) is 4.59. The van der Waals surface area contributed by atoms with Crippen molar-refractivity contribution in [3.05, 3.63) is 11.6 Å². The first-order valence-electron chi connectivity index (χ1n) is 4.59. The predicted octanol–water partition coefficient (Wildman–Crippen LogP) is 1.47. The van der Waals surface area contributed by atoms with Gasteiger partial charge in [-0.3, -0.25) is 0 Å². The van der Waals surface area contributed by atoms with E-state index in [1.807, 2.05) is 26.8 Å². The second-order valence-electron chi connectivity index (χ2n) is 3.95. The number of aliphatic hydroxyl groups is 1. The van der Waals surface area contributed by atoms with E-state index in [1.165, 1.54) is 0 Å². The molecule has 0 spiro atoms. The molecule has 0 amide bonds. The van der Waals surface area contributed by atoms with E-state index in [0.717, 1.165) is 5.57 Å². The van der Waals surface area contributed by atoms with Gasteiger partial charge in [-0.25, -0.2) is 0 Å². The lowest BCUT2D eigenvalue weighted by Crippen LogP contribution is -2.21. The van der Waals surface area contributed by atoms with Crippen molar-refractivity contribution >= 4 is 0 Å². The van der Waals surface area contributed by atoms with E-state index in [9.17, 15) is 5.11 Å². The average Bonchev–Trinajstić information content (AvgIpc) is 2.30. The summed E-state index contributed by atoms with van der Waals surface area (Å²) in [6, 6.07) is 0. The molecule has 1 fully saturated rings. The number of aliphatic hydroxyl groups excluding tert-OH is 1. The third-order valence-corrected chi connectivity index (χ3v) is 2.14. The van der Waals surface area contributed by atoms with E-state index in [-0.39, 0.29) is 6.10 Å². The molecule has 0 bridgehead atoms. The monoisotopic (exact) mass is 186 g/mol. The summed E-state index contributed by atoms with van der Waals surface area (Å²) < 4.78 is 10.9. The van der Waals surface area contributed by atoms with E-state index in [2.05, 4.69) is 0 Å². The molecule has 1 saturated heterocycles. The van der Waals surface area contributed by atoms with Crippen molar-refractivity contribution in [2.45, 2.75) is 45.7 Å². The normalized spacial score (nSPS) is 30.5. The fourth-order valence-corrected chi connectivity index (χ4v) is 1.23. The van der Waals surface area contributed by atoms with Gasteiger partial charge in [0.1, 0.15) is 6.10 Å². The number of ether oxygens (including phenoxy) is 2. The van der Waals surface area contributed by atoms with Crippen LogP contribution in [-0.2, 0) is 9.47 Å². The van der Waals surface area contributed by atoms with Gasteiger partial charge in [0.2, 0.25) is 0 Å². The van der Waals surface area contributed by atoms with Crippen LogP contribution in [0.5, 0.6) is 0 Å². The minimum Gasteiger partial charge on any atom is -0.389 e. The van der Waals surface area contributed by atoms with Gasteiger partial charge in [0.25, 0.3) is 0 Å². The zero-order valence-electron chi connectivity index (χ0n) is 8.70. The van der Waals surface area contributed by atoms with Crippen molar-refractivity contribution in [2.24, 2.45) is 0 Å². The summed E-state index contributed by atoms with van der Waals surface area (Å²) in [7, 11) is 0. The Morgan fingerprint density at radius 3 is 2.62 bits per heavy atom. The molecule has 0 aliphatic carbocycles. The Kier molecular flexibility index (Phi) is 3.11. The van der Waals surface area contributed by atoms with Crippen LogP contribution in [-0.4, -0.2) is 29.7 Å². The fraction of sp³-hybridized carbons (Fsp3) is 0.800. The van der Waals surface area contributed by atoms with E-state index >= 15 is 0 Å². The lowest BCUT2D eigenvalue weighted by atomic mass is 10.1. The van der Waals surface area contributed by atoms with Crippen LogP contribution in [0.1, 0.15) is 27.7 Å². The highest BCUT2D eigenvalue weighted by Gasteiger charge is 2.31. The third kappa shape index (κ3) is 3.10. The summed E-state index contributed by atoms with van der Waals surface area (Å²) in [4.78, 5) is 0. The molecule has 0 saturated carbocycles. The van der Waals surface area contributed by atoms with E-state index in [0.29, 0.717) is 6.61 Å². The molecule has 1 aliphatic heterocycles. The molecule has 0 radical (unpaired) electrons. The topological polar surface area (TPSA) is 38.7 Å². The molecule has 0 aromatic heterocycles. The van der Waals surface area contributed by atoms with Crippen LogP contribution in [0, 0.1) is 0 Å². The van der Waals surface area contributed by atoms with Crippen LogP contribution in [0.15, 0.2) is 11.6 Å². The molecule has 13 heavy (non-hydrogen) atoms. The quantitative estimate of drug-likeness (QED) is 0.664. The van der Waals surface area contributed by atoms with Crippen LogP contribution in [0.25, 0.3) is 0 Å². The van der Waals surface area contributed by atoms with Crippen LogP contribution in [0.3, 0.4) is 0 Å². The largest absolute Gasteiger partial charge is 0.389 e. The highest BCUT2D eigenvalue weighted by molar-refractivity contribution is 5.07. The van der Waals surface area contributed by atoms with Crippen molar-refractivity contribution in [1.82, 2.24) is 0 Å². The van der Waals surface area contributed by atoms with Gasteiger partial charge in [0.05, 0.1) is 12.7 Å². The molecule has 1 heterocycles. The van der Waals surface area contributed by atoms with Crippen LogP contribution < -0.4 is 0 Å². The van der Waals surface area contributed by atoms with Crippen LogP contribution in [0.4, 0.5) is 0 Å². The molecule has 2 atom stereocenters. The molecular formula is C10H18O3. The molecule has 1 unspecified atom stereocenters. The van der Waals surface area contributed by atoms with Crippen molar-refractivity contribution in [2.75, 3.05) is 6.61 Å². The van der Waals surface area contributed by atoms with Gasteiger partial charge in [0.15, 0.2) is 5.79 Å². The van der Waals surface area contributed by atoms with Crippen LogP contribution >= 0.6 is 0 Å². The maximum Gasteiger partial charge on any atom is 0.163 e. The van der Waals surface area contributed by atoms with Crippen molar-refractivity contribution in [3.63, 3.8) is 0 Å². The van der Waals surface area contributed by atoms with E-state index < -0.39 is 11.9 Å². The van der Waals surface area contributed by atoms with Gasteiger partial charge in [-0.2, -0.15) is 0 Å². The maximum absolute atomic E-state index is 9.25. The Morgan fingerprint density at radius 1 is 1.62 bits per heavy atom. The lowest BCUT2D eigenvalue weighted by molar-refractivity contribution is -0.133. The van der Waals surface area contributed by atoms with Gasteiger partial charge in [-0.15, -0.1) is 0 Å². The highest BCUT2D eigenvalue weighted by atomic mass is 16.7. The Labute approximate surface area is 79.3 Å². The van der Waals surface area contributed by atoms with Gasteiger partial charge < -0.3 is 14.6 Å². The Morgan fingerprint density at radius 2 is 2.23 bits per heavy atom. The lowest BCUT2D eigenvalue weighted by Gasteiger charge is -2.16. The molecule has 76 valence electrons. The van der Waals surface area contributed by atoms with Crippen molar-refractivity contribution in [3.8, 4) is 0 Å². The predicted molar refractivity (Wildman–Crippen MR) is 50.3 cm³/mol. The number of rotatable bonds is 2.